The van der Waals surface area contributed by atoms with Crippen molar-refractivity contribution in [1.29, 1.82) is 0 Å². The van der Waals surface area contributed by atoms with Gasteiger partial charge in [0.2, 0.25) is 0 Å². The zero-order valence-corrected chi connectivity index (χ0v) is 17.3. The van der Waals surface area contributed by atoms with Gasteiger partial charge in [0, 0.05) is 19.4 Å². The zero-order valence-electron chi connectivity index (χ0n) is 17.3. The minimum atomic E-state index is -0.849. The number of carbonyl (C=O) groups excluding carboxylic acids is 1. The Bertz CT molecular complexity index is 362. The number of aliphatic carboxylic acids is 1. The second-order valence-corrected chi connectivity index (χ2v) is 6.33. The van der Waals surface area contributed by atoms with Crippen LogP contribution in [0.4, 0.5) is 0 Å². The van der Waals surface area contributed by atoms with Crippen LogP contribution in [-0.4, -0.2) is 76.5 Å². The Morgan fingerprint density at radius 1 is 0.607 bits per heavy atom. The molecule has 0 rings (SSSR count). The van der Waals surface area contributed by atoms with Gasteiger partial charge >= 0.3 is 11.9 Å². The molecule has 0 aliphatic carbocycles. The monoisotopic (exact) mass is 406 g/mol. The smallest absolute Gasteiger partial charge is 0.305 e. The van der Waals surface area contributed by atoms with E-state index in [0.29, 0.717) is 59.1 Å². The molecule has 0 saturated carbocycles. The molecule has 8 nitrogen and oxygen atoms in total. The summed E-state index contributed by atoms with van der Waals surface area (Å²) >= 11 is 0. The average Bonchev–Trinajstić information content (AvgIpc) is 2.67. The van der Waals surface area contributed by atoms with Crippen molar-refractivity contribution in [3.63, 3.8) is 0 Å². The van der Waals surface area contributed by atoms with E-state index >= 15 is 0 Å². The Morgan fingerprint density at radius 2 is 1.11 bits per heavy atom. The van der Waals surface area contributed by atoms with Crippen molar-refractivity contribution in [2.24, 2.45) is 0 Å². The van der Waals surface area contributed by atoms with Gasteiger partial charge in [-0.25, -0.2) is 0 Å². The zero-order chi connectivity index (χ0) is 20.7. The molecule has 0 amide bonds. The highest BCUT2D eigenvalue weighted by Crippen LogP contribution is 2.01. The maximum atomic E-state index is 11.4. The highest BCUT2D eigenvalue weighted by Gasteiger charge is 2.04. The van der Waals surface area contributed by atoms with Gasteiger partial charge in [0.15, 0.2) is 0 Å². The molecule has 0 aromatic heterocycles. The molecule has 28 heavy (non-hydrogen) atoms. The van der Waals surface area contributed by atoms with Gasteiger partial charge in [0.25, 0.3) is 0 Å². The first-order valence-corrected chi connectivity index (χ1v) is 10.3. The minimum absolute atomic E-state index is 0.0777. The van der Waals surface area contributed by atoms with Crippen LogP contribution in [0.2, 0.25) is 0 Å². The third kappa shape index (κ3) is 22.8. The second-order valence-electron chi connectivity index (χ2n) is 6.33. The van der Waals surface area contributed by atoms with E-state index in [-0.39, 0.29) is 25.4 Å². The lowest BCUT2D eigenvalue weighted by atomic mass is 10.2. The van der Waals surface area contributed by atoms with Crippen LogP contribution in [0.3, 0.4) is 0 Å². The fourth-order valence-electron chi connectivity index (χ4n) is 2.22. The quantitative estimate of drug-likeness (QED) is 0.216. The first-order valence-electron chi connectivity index (χ1n) is 10.3. The lowest BCUT2D eigenvalue weighted by molar-refractivity contribution is -0.146. The highest BCUT2D eigenvalue weighted by molar-refractivity contribution is 5.69. The number of carbonyl (C=O) groups is 2. The molecule has 0 saturated heterocycles. The summed E-state index contributed by atoms with van der Waals surface area (Å²) in [5, 5.41) is 8.49. The molecule has 0 bridgehead atoms. The number of unbranched alkanes of at least 4 members (excludes halogenated alkanes) is 4. The summed E-state index contributed by atoms with van der Waals surface area (Å²) in [6, 6.07) is 0. The molecule has 0 aromatic rings. The number of esters is 1. The van der Waals surface area contributed by atoms with Gasteiger partial charge in [-0.05, 0) is 19.3 Å². The topological polar surface area (TPSA) is 101 Å². The highest BCUT2D eigenvalue weighted by atomic mass is 16.6. The summed E-state index contributed by atoms with van der Waals surface area (Å²) in [6.07, 6.45) is 6.16. The van der Waals surface area contributed by atoms with Gasteiger partial charge in [0.1, 0.15) is 6.61 Å². The number of rotatable bonds is 22. The van der Waals surface area contributed by atoms with Crippen molar-refractivity contribution in [2.75, 3.05) is 59.5 Å². The molecule has 8 heteroatoms. The molecule has 166 valence electrons. The van der Waals surface area contributed by atoms with Crippen molar-refractivity contribution in [3.8, 4) is 0 Å². The minimum Gasteiger partial charge on any atom is -0.481 e. The van der Waals surface area contributed by atoms with Crippen LogP contribution < -0.4 is 0 Å². The Labute approximate surface area is 168 Å². The summed E-state index contributed by atoms with van der Waals surface area (Å²) in [4.78, 5) is 21.7. The molecule has 0 atom stereocenters. The summed E-state index contributed by atoms with van der Waals surface area (Å²) in [6.45, 7) is 6.62. The van der Waals surface area contributed by atoms with Crippen LogP contribution in [0.25, 0.3) is 0 Å². The van der Waals surface area contributed by atoms with Gasteiger partial charge in [-0.15, -0.1) is 0 Å². The average molecular weight is 407 g/mol. The summed E-state index contributed by atoms with van der Waals surface area (Å²) < 4.78 is 26.5. The summed E-state index contributed by atoms with van der Waals surface area (Å²) in [7, 11) is 0. The van der Waals surface area contributed by atoms with Crippen molar-refractivity contribution >= 4 is 11.9 Å². The Morgan fingerprint density at radius 3 is 1.64 bits per heavy atom. The number of ether oxygens (including phenoxy) is 5. The third-order valence-corrected chi connectivity index (χ3v) is 3.77. The van der Waals surface area contributed by atoms with Crippen LogP contribution in [0.5, 0.6) is 0 Å². The largest absolute Gasteiger partial charge is 0.481 e. The van der Waals surface area contributed by atoms with E-state index < -0.39 is 5.97 Å². The third-order valence-electron chi connectivity index (χ3n) is 3.77. The van der Waals surface area contributed by atoms with Crippen LogP contribution in [0, 0.1) is 0 Å². The molecule has 1 N–H and O–H groups in total. The van der Waals surface area contributed by atoms with Gasteiger partial charge in [0.05, 0.1) is 46.2 Å². The fraction of sp³-hybridized carbons (Fsp3) is 0.900. The van der Waals surface area contributed by atoms with Crippen LogP contribution in [-0.2, 0) is 33.3 Å². The van der Waals surface area contributed by atoms with E-state index in [1.54, 1.807) is 0 Å². The molecule has 0 radical (unpaired) electrons. The van der Waals surface area contributed by atoms with E-state index in [1.165, 1.54) is 19.3 Å². The number of hydrogen-bond donors (Lipinski definition) is 1. The number of carboxylic acids is 1. The molecule has 0 fully saturated rings. The molecular weight excluding hydrogens is 368 g/mol. The SMILES string of the molecule is CCCCCCOCCOCCOCCOCCOC(=O)CCCCC(=O)O. The number of carboxylic acid groups (broad SMARTS) is 1. The molecule has 0 unspecified atom stereocenters. The molecule has 0 aliphatic heterocycles. The van der Waals surface area contributed by atoms with Crippen LogP contribution in [0.1, 0.15) is 58.3 Å². The molecule has 0 aliphatic rings. The standard InChI is InChI=1S/C20H38O8/c1-2-3-4-7-10-24-11-12-25-13-14-26-15-16-27-17-18-28-20(23)9-6-5-8-19(21)22/h2-18H2,1H3,(H,21,22). The fourth-order valence-corrected chi connectivity index (χ4v) is 2.22. The van der Waals surface area contributed by atoms with Gasteiger partial charge in [-0.2, -0.15) is 0 Å². The Balaban J connectivity index is 3.11. The first kappa shape index (κ1) is 26.8. The maximum Gasteiger partial charge on any atom is 0.305 e. The van der Waals surface area contributed by atoms with E-state index in [9.17, 15) is 9.59 Å². The predicted molar refractivity (Wildman–Crippen MR) is 104 cm³/mol. The summed E-state index contributed by atoms with van der Waals surface area (Å²) in [5.41, 5.74) is 0. The summed E-state index contributed by atoms with van der Waals surface area (Å²) in [5.74, 6) is -1.18. The first-order chi connectivity index (χ1) is 13.7. The molecular formula is C20H38O8. The maximum absolute atomic E-state index is 11.4. The van der Waals surface area contributed by atoms with Crippen LogP contribution in [0.15, 0.2) is 0 Å². The lowest BCUT2D eigenvalue weighted by Gasteiger charge is -2.08. The van der Waals surface area contributed by atoms with Crippen molar-refractivity contribution in [1.82, 2.24) is 0 Å². The molecule has 0 spiro atoms. The number of hydrogen-bond acceptors (Lipinski definition) is 7. The normalized spacial score (nSPS) is 10.9. The molecule has 0 heterocycles. The van der Waals surface area contributed by atoms with Gasteiger partial charge < -0.3 is 28.8 Å². The molecule has 0 aromatic carbocycles. The van der Waals surface area contributed by atoms with Gasteiger partial charge in [-0.3, -0.25) is 9.59 Å². The van der Waals surface area contributed by atoms with E-state index in [4.69, 9.17) is 28.8 Å². The second kappa shape index (κ2) is 22.1. The van der Waals surface area contributed by atoms with Gasteiger partial charge in [-0.1, -0.05) is 26.2 Å². The van der Waals surface area contributed by atoms with E-state index in [0.717, 1.165) is 13.0 Å². The Hall–Kier alpha value is -1.22. The predicted octanol–water partition coefficient (Wildman–Crippen LogP) is 2.82. The van der Waals surface area contributed by atoms with Crippen molar-refractivity contribution < 1.29 is 38.4 Å². The van der Waals surface area contributed by atoms with E-state index in [1.807, 2.05) is 0 Å². The van der Waals surface area contributed by atoms with Crippen molar-refractivity contribution in [2.45, 2.75) is 58.3 Å². The lowest BCUT2D eigenvalue weighted by Crippen LogP contribution is -2.14. The van der Waals surface area contributed by atoms with E-state index in [2.05, 4.69) is 6.92 Å². The Kier molecular flexibility index (Phi) is 21.1. The van der Waals surface area contributed by atoms with Crippen LogP contribution >= 0.6 is 0 Å². The van der Waals surface area contributed by atoms with Crippen molar-refractivity contribution in [3.05, 3.63) is 0 Å².